The summed E-state index contributed by atoms with van der Waals surface area (Å²) in [5.41, 5.74) is 6.32. The summed E-state index contributed by atoms with van der Waals surface area (Å²) in [7, 11) is 0. The molecule has 12 heteroatoms. The van der Waals surface area contributed by atoms with E-state index < -0.39 is 54.5 Å². The Bertz CT molecular complexity index is 725. The van der Waals surface area contributed by atoms with E-state index >= 15 is 0 Å². The van der Waals surface area contributed by atoms with Gasteiger partial charge in [-0.3, -0.25) is 14.4 Å². The van der Waals surface area contributed by atoms with E-state index in [1.807, 2.05) is 6.92 Å². The molecule has 0 aliphatic carbocycles. The van der Waals surface area contributed by atoms with Crippen LogP contribution in [0, 0.1) is 5.92 Å². The zero-order chi connectivity index (χ0) is 22.8. The van der Waals surface area contributed by atoms with E-state index in [1.54, 1.807) is 6.92 Å². The van der Waals surface area contributed by atoms with Gasteiger partial charge in [-0.15, -0.1) is 0 Å². The van der Waals surface area contributed by atoms with Gasteiger partial charge in [0.15, 0.2) is 0 Å². The van der Waals surface area contributed by atoms with Gasteiger partial charge in [0.25, 0.3) is 0 Å². The van der Waals surface area contributed by atoms with Gasteiger partial charge in [-0.1, -0.05) is 20.3 Å². The largest absolute Gasteiger partial charge is 0.480 e. The third kappa shape index (κ3) is 7.44. The second-order valence-electron chi connectivity index (χ2n) is 7.07. The lowest BCUT2D eigenvalue weighted by molar-refractivity contribution is -0.142. The van der Waals surface area contributed by atoms with E-state index in [0.29, 0.717) is 12.1 Å². The van der Waals surface area contributed by atoms with Crippen LogP contribution in [0.25, 0.3) is 0 Å². The molecule has 0 saturated carbocycles. The minimum Gasteiger partial charge on any atom is -0.480 e. The van der Waals surface area contributed by atoms with Crippen LogP contribution in [-0.2, 0) is 25.6 Å². The predicted molar refractivity (Wildman–Crippen MR) is 106 cm³/mol. The van der Waals surface area contributed by atoms with Crippen LogP contribution in [0.4, 0.5) is 0 Å². The molecule has 3 amide bonds. The summed E-state index contributed by atoms with van der Waals surface area (Å²) in [6.07, 6.45) is 3.46. The van der Waals surface area contributed by atoms with Crippen LogP contribution in [0.3, 0.4) is 0 Å². The van der Waals surface area contributed by atoms with Crippen LogP contribution in [-0.4, -0.2) is 74.6 Å². The summed E-state index contributed by atoms with van der Waals surface area (Å²) in [6, 6.07) is -4.51. The third-order valence-electron chi connectivity index (χ3n) is 4.72. The molecule has 0 radical (unpaired) electrons. The van der Waals surface area contributed by atoms with Gasteiger partial charge in [-0.05, 0) is 12.8 Å². The number of carboxylic acids is 1. The molecular formula is C18H30N6O6. The van der Waals surface area contributed by atoms with E-state index in [0.717, 1.165) is 0 Å². The highest BCUT2D eigenvalue weighted by Crippen LogP contribution is 2.05. The maximum Gasteiger partial charge on any atom is 0.326 e. The molecule has 12 nitrogen and oxygen atoms in total. The zero-order valence-electron chi connectivity index (χ0n) is 17.2. The van der Waals surface area contributed by atoms with Gasteiger partial charge in [-0.25, -0.2) is 9.78 Å². The molecule has 0 aromatic carbocycles. The maximum absolute atomic E-state index is 12.3. The van der Waals surface area contributed by atoms with E-state index in [9.17, 15) is 29.4 Å². The number of hydrogen-bond acceptors (Lipinski definition) is 7. The van der Waals surface area contributed by atoms with Crippen LogP contribution in [0.15, 0.2) is 12.5 Å². The number of aromatic amines is 1. The van der Waals surface area contributed by atoms with Crippen molar-refractivity contribution in [1.82, 2.24) is 25.9 Å². The van der Waals surface area contributed by atoms with E-state index in [4.69, 9.17) is 5.73 Å². The summed E-state index contributed by atoms with van der Waals surface area (Å²) < 4.78 is 0. The number of aliphatic hydroxyl groups is 1. The lowest BCUT2D eigenvalue weighted by atomic mass is 9.99. The van der Waals surface area contributed by atoms with Crippen molar-refractivity contribution in [3.05, 3.63) is 18.2 Å². The number of hydrogen-bond donors (Lipinski definition) is 7. The molecule has 0 aliphatic rings. The van der Waals surface area contributed by atoms with Crippen molar-refractivity contribution in [3.63, 3.8) is 0 Å². The van der Waals surface area contributed by atoms with Crippen molar-refractivity contribution < 1.29 is 29.4 Å². The fraction of sp³-hybridized carbons (Fsp3) is 0.611. The van der Waals surface area contributed by atoms with Gasteiger partial charge in [0, 0.05) is 18.3 Å². The van der Waals surface area contributed by atoms with Crippen molar-refractivity contribution >= 4 is 23.7 Å². The Balaban J connectivity index is 2.65. The molecule has 5 atom stereocenters. The molecule has 30 heavy (non-hydrogen) atoms. The first-order valence-electron chi connectivity index (χ1n) is 9.58. The van der Waals surface area contributed by atoms with Gasteiger partial charge < -0.3 is 36.9 Å². The number of aromatic nitrogens is 2. The number of carbonyl (C=O) groups is 4. The topological polar surface area (TPSA) is 200 Å². The SMILES string of the molecule is CCC(C)C(N)C(=O)NC(CO)C(=O)NC(C)C(=O)NC(Cc1cnc[nH]1)C(=O)O. The van der Waals surface area contributed by atoms with Crippen molar-refractivity contribution in [1.29, 1.82) is 0 Å². The molecule has 168 valence electrons. The van der Waals surface area contributed by atoms with Crippen LogP contribution in [0.5, 0.6) is 0 Å². The first-order chi connectivity index (χ1) is 14.1. The number of carbonyl (C=O) groups excluding carboxylic acids is 3. The first kappa shape index (κ1) is 25.0. The Labute approximate surface area is 174 Å². The predicted octanol–water partition coefficient (Wildman–Crippen LogP) is -2.12. The van der Waals surface area contributed by atoms with Crippen molar-refractivity contribution in [3.8, 4) is 0 Å². The lowest BCUT2D eigenvalue weighted by Crippen LogP contribution is -2.58. The van der Waals surface area contributed by atoms with Crippen LogP contribution in [0.2, 0.25) is 0 Å². The van der Waals surface area contributed by atoms with Crippen molar-refractivity contribution in [2.45, 2.75) is 57.8 Å². The average molecular weight is 426 g/mol. The fourth-order valence-electron chi connectivity index (χ4n) is 2.47. The van der Waals surface area contributed by atoms with Gasteiger partial charge in [0.2, 0.25) is 17.7 Å². The summed E-state index contributed by atoms with van der Waals surface area (Å²) in [4.78, 5) is 54.7. The molecule has 0 spiro atoms. The zero-order valence-corrected chi connectivity index (χ0v) is 17.2. The summed E-state index contributed by atoms with van der Waals surface area (Å²) >= 11 is 0. The summed E-state index contributed by atoms with van der Waals surface area (Å²) in [5.74, 6) is -3.52. The van der Waals surface area contributed by atoms with Crippen LogP contribution in [0.1, 0.15) is 32.9 Å². The third-order valence-corrected chi connectivity index (χ3v) is 4.72. The number of aliphatic hydroxyl groups excluding tert-OH is 1. The first-order valence-corrected chi connectivity index (χ1v) is 9.58. The number of imidazole rings is 1. The van der Waals surface area contributed by atoms with E-state index in [2.05, 4.69) is 25.9 Å². The fourth-order valence-corrected chi connectivity index (χ4v) is 2.47. The Hall–Kier alpha value is -2.99. The lowest BCUT2D eigenvalue weighted by Gasteiger charge is -2.23. The standard InChI is InChI=1S/C18H30N6O6/c1-4-9(2)14(19)17(28)24-13(7-25)16(27)22-10(3)15(26)23-12(18(29)30)5-11-6-20-8-21-11/h6,8-10,12-14,25H,4-5,7,19H2,1-3H3,(H,20,21)(H,22,27)(H,23,26)(H,24,28)(H,29,30). The minimum atomic E-state index is -1.30. The Morgan fingerprint density at radius 2 is 1.73 bits per heavy atom. The number of nitrogens with one attached hydrogen (secondary N) is 4. The maximum atomic E-state index is 12.3. The molecule has 1 aromatic rings. The number of amides is 3. The molecule has 8 N–H and O–H groups in total. The van der Waals surface area contributed by atoms with Crippen LogP contribution >= 0.6 is 0 Å². The summed E-state index contributed by atoms with van der Waals surface area (Å²) in [6.45, 7) is 4.30. The quantitative estimate of drug-likeness (QED) is 0.196. The summed E-state index contributed by atoms with van der Waals surface area (Å²) in [5, 5.41) is 25.8. The Morgan fingerprint density at radius 1 is 1.10 bits per heavy atom. The molecule has 1 heterocycles. The second kappa shape index (κ2) is 11.9. The number of rotatable bonds is 12. The van der Waals surface area contributed by atoms with Crippen molar-refractivity contribution in [2.75, 3.05) is 6.61 Å². The molecule has 0 bridgehead atoms. The van der Waals surface area contributed by atoms with Gasteiger partial charge >= 0.3 is 5.97 Å². The van der Waals surface area contributed by atoms with Gasteiger partial charge in [0.1, 0.15) is 18.1 Å². The highest BCUT2D eigenvalue weighted by atomic mass is 16.4. The molecule has 0 saturated heterocycles. The number of carboxylic acid groups (broad SMARTS) is 1. The van der Waals surface area contributed by atoms with E-state index in [-0.39, 0.29) is 12.3 Å². The molecule has 1 rings (SSSR count). The van der Waals surface area contributed by atoms with Crippen molar-refractivity contribution in [2.24, 2.45) is 11.7 Å². The number of aliphatic carboxylic acids is 1. The Morgan fingerprint density at radius 3 is 2.23 bits per heavy atom. The molecule has 5 unspecified atom stereocenters. The number of nitrogens with two attached hydrogens (primary N) is 1. The Kier molecular flexibility index (Phi) is 9.92. The highest BCUT2D eigenvalue weighted by molar-refractivity contribution is 5.94. The molecule has 0 fully saturated rings. The molecular weight excluding hydrogens is 396 g/mol. The monoisotopic (exact) mass is 426 g/mol. The second-order valence-corrected chi connectivity index (χ2v) is 7.07. The van der Waals surface area contributed by atoms with Gasteiger partial charge in [0.05, 0.1) is 19.0 Å². The number of nitrogens with zero attached hydrogens (tertiary/aromatic N) is 1. The smallest absolute Gasteiger partial charge is 0.326 e. The van der Waals surface area contributed by atoms with Gasteiger partial charge in [-0.2, -0.15) is 0 Å². The van der Waals surface area contributed by atoms with Crippen LogP contribution < -0.4 is 21.7 Å². The minimum absolute atomic E-state index is 0.0233. The average Bonchev–Trinajstić information content (AvgIpc) is 3.22. The molecule has 0 aliphatic heterocycles. The molecule has 1 aromatic heterocycles. The van der Waals surface area contributed by atoms with E-state index in [1.165, 1.54) is 19.4 Å². The highest BCUT2D eigenvalue weighted by Gasteiger charge is 2.29. The normalized spacial score (nSPS) is 15.9. The number of H-pyrrole nitrogens is 1.